The van der Waals surface area contributed by atoms with E-state index < -0.39 is 12.2 Å². The molecule has 0 aliphatic rings. The smallest absolute Gasteiger partial charge is 0.201 e. The lowest BCUT2D eigenvalue weighted by Crippen LogP contribution is -1.98. The topological polar surface area (TPSA) is 43.6 Å². The molecular formula is C4H6F2N4. The molecule has 6 heteroatoms. The lowest BCUT2D eigenvalue weighted by Gasteiger charge is -1.87. The van der Waals surface area contributed by atoms with Gasteiger partial charge >= 0.3 is 6.43 Å². The lowest BCUT2D eigenvalue weighted by molar-refractivity contribution is 0.140. The van der Waals surface area contributed by atoms with Crippen molar-refractivity contribution in [3.63, 3.8) is 0 Å². The van der Waals surface area contributed by atoms with Crippen molar-refractivity contribution < 1.29 is 8.78 Å². The Bertz CT molecular complexity index is 209. The summed E-state index contributed by atoms with van der Waals surface area (Å²) in [6, 6.07) is 0. The largest absolute Gasteiger partial charge is 0.301 e. The normalized spacial score (nSPS) is 10.8. The summed E-state index contributed by atoms with van der Waals surface area (Å²) in [4.78, 5) is 1.11. The van der Waals surface area contributed by atoms with Gasteiger partial charge in [-0.05, 0) is 12.1 Å². The minimum atomic E-state index is -2.62. The first-order valence-corrected chi connectivity index (χ1v) is 2.80. The number of aromatic nitrogens is 4. The van der Waals surface area contributed by atoms with E-state index in [1.54, 1.807) is 6.92 Å². The number of aryl methyl sites for hydroxylation is 1. The Kier molecular flexibility index (Phi) is 1.88. The Hall–Kier alpha value is -1.07. The quantitative estimate of drug-likeness (QED) is 0.617. The van der Waals surface area contributed by atoms with Gasteiger partial charge in [0, 0.05) is 0 Å². The number of nitrogens with zero attached hydrogens (tertiary/aromatic N) is 4. The van der Waals surface area contributed by atoms with Gasteiger partial charge in [-0.2, -0.15) is 4.80 Å². The number of rotatable bonds is 2. The maximum absolute atomic E-state index is 11.7. The monoisotopic (exact) mass is 148 g/mol. The summed E-state index contributed by atoms with van der Waals surface area (Å²) in [6.45, 7) is 2.21. The standard InChI is InChI=1S/C4H6F2N4/c1-2-10-8-4(3(5)6)7-9-10/h3H,2H2,1H3. The summed E-state index contributed by atoms with van der Waals surface area (Å²) in [5.74, 6) is -0.512. The van der Waals surface area contributed by atoms with E-state index in [4.69, 9.17) is 0 Å². The van der Waals surface area contributed by atoms with Gasteiger partial charge in [-0.15, -0.1) is 10.2 Å². The van der Waals surface area contributed by atoms with Crippen molar-refractivity contribution in [3.8, 4) is 0 Å². The zero-order valence-corrected chi connectivity index (χ0v) is 5.33. The van der Waals surface area contributed by atoms with Gasteiger partial charge in [-0.1, -0.05) is 0 Å². The first-order valence-electron chi connectivity index (χ1n) is 2.80. The van der Waals surface area contributed by atoms with Crippen molar-refractivity contribution in [3.05, 3.63) is 5.82 Å². The molecule has 1 aromatic rings. The Morgan fingerprint density at radius 1 is 1.60 bits per heavy atom. The van der Waals surface area contributed by atoms with Crippen molar-refractivity contribution in [2.45, 2.75) is 19.9 Å². The first-order chi connectivity index (χ1) is 4.74. The molecular weight excluding hydrogens is 142 g/mol. The first kappa shape index (κ1) is 7.04. The summed E-state index contributed by atoms with van der Waals surface area (Å²) in [5.41, 5.74) is 0. The van der Waals surface area contributed by atoms with Gasteiger partial charge in [0.1, 0.15) is 0 Å². The third-order valence-corrected chi connectivity index (χ3v) is 0.946. The maximum Gasteiger partial charge on any atom is 0.301 e. The molecule has 0 fully saturated rings. The van der Waals surface area contributed by atoms with Crippen LogP contribution < -0.4 is 0 Å². The summed E-state index contributed by atoms with van der Waals surface area (Å²) < 4.78 is 23.5. The molecule has 1 heterocycles. The minimum Gasteiger partial charge on any atom is -0.201 e. The van der Waals surface area contributed by atoms with E-state index in [1.165, 1.54) is 0 Å². The fourth-order valence-corrected chi connectivity index (χ4v) is 0.477. The third kappa shape index (κ3) is 1.26. The van der Waals surface area contributed by atoms with Crippen LogP contribution in [-0.4, -0.2) is 20.2 Å². The summed E-state index contributed by atoms with van der Waals surface area (Å²) in [7, 11) is 0. The SMILES string of the molecule is CCn1nnc(C(F)F)n1. The predicted octanol–water partition coefficient (Wildman–Crippen LogP) is 0.631. The third-order valence-electron chi connectivity index (χ3n) is 0.946. The molecule has 0 radical (unpaired) electrons. The lowest BCUT2D eigenvalue weighted by atomic mass is 10.7. The molecule has 0 N–H and O–H groups in total. The van der Waals surface area contributed by atoms with Gasteiger partial charge < -0.3 is 0 Å². The molecule has 1 rings (SSSR count). The van der Waals surface area contributed by atoms with E-state index >= 15 is 0 Å². The second-order valence-corrected chi connectivity index (χ2v) is 1.64. The van der Waals surface area contributed by atoms with Gasteiger partial charge in [0.15, 0.2) is 0 Å². The van der Waals surface area contributed by atoms with Crippen LogP contribution in [0.5, 0.6) is 0 Å². The van der Waals surface area contributed by atoms with Crippen molar-refractivity contribution in [2.24, 2.45) is 0 Å². The average molecular weight is 148 g/mol. The zero-order valence-electron chi connectivity index (χ0n) is 5.33. The highest BCUT2D eigenvalue weighted by Crippen LogP contribution is 2.10. The fourth-order valence-electron chi connectivity index (χ4n) is 0.477. The molecule has 0 saturated carbocycles. The van der Waals surface area contributed by atoms with Gasteiger partial charge in [0.05, 0.1) is 6.54 Å². The van der Waals surface area contributed by atoms with Gasteiger partial charge in [0.2, 0.25) is 5.82 Å². The fraction of sp³-hybridized carbons (Fsp3) is 0.750. The van der Waals surface area contributed by atoms with E-state index in [9.17, 15) is 8.78 Å². The Morgan fingerprint density at radius 2 is 2.30 bits per heavy atom. The van der Waals surface area contributed by atoms with Crippen LogP contribution in [0.1, 0.15) is 19.2 Å². The van der Waals surface area contributed by atoms with Crippen molar-refractivity contribution in [1.82, 2.24) is 20.2 Å². The molecule has 0 saturated heterocycles. The summed E-state index contributed by atoms with van der Waals surface area (Å²) in [6.07, 6.45) is -2.62. The van der Waals surface area contributed by atoms with Crippen LogP contribution >= 0.6 is 0 Å². The minimum absolute atomic E-state index is 0.458. The molecule has 0 spiro atoms. The molecule has 10 heavy (non-hydrogen) atoms. The highest BCUT2D eigenvalue weighted by molar-refractivity contribution is 4.76. The Labute approximate surface area is 55.8 Å². The van der Waals surface area contributed by atoms with E-state index in [0.29, 0.717) is 6.54 Å². The molecule has 0 bridgehead atoms. The highest BCUT2D eigenvalue weighted by Gasteiger charge is 2.12. The second kappa shape index (κ2) is 2.68. The zero-order chi connectivity index (χ0) is 7.56. The van der Waals surface area contributed by atoms with E-state index in [0.717, 1.165) is 4.80 Å². The number of alkyl halides is 2. The molecule has 4 nitrogen and oxygen atoms in total. The second-order valence-electron chi connectivity index (χ2n) is 1.64. The molecule has 1 aromatic heterocycles. The van der Waals surface area contributed by atoms with Crippen molar-refractivity contribution >= 4 is 0 Å². The number of halogens is 2. The molecule has 0 unspecified atom stereocenters. The molecule has 0 aliphatic carbocycles. The maximum atomic E-state index is 11.7. The van der Waals surface area contributed by atoms with Crippen LogP contribution in [0.25, 0.3) is 0 Å². The molecule has 0 aromatic carbocycles. The van der Waals surface area contributed by atoms with Crippen LogP contribution in [0.2, 0.25) is 0 Å². The Balaban J connectivity index is 2.78. The molecule has 0 aliphatic heterocycles. The van der Waals surface area contributed by atoms with E-state index in [-0.39, 0.29) is 0 Å². The average Bonchev–Trinajstić information content (AvgIpc) is 2.34. The molecule has 0 atom stereocenters. The Morgan fingerprint density at radius 3 is 2.60 bits per heavy atom. The van der Waals surface area contributed by atoms with Gasteiger partial charge in [0.25, 0.3) is 0 Å². The van der Waals surface area contributed by atoms with Crippen LogP contribution in [0.4, 0.5) is 8.78 Å². The van der Waals surface area contributed by atoms with Crippen LogP contribution in [0, 0.1) is 0 Å². The number of hydrogen-bond donors (Lipinski definition) is 0. The summed E-state index contributed by atoms with van der Waals surface area (Å²) in [5, 5.41) is 9.84. The van der Waals surface area contributed by atoms with Crippen molar-refractivity contribution in [2.75, 3.05) is 0 Å². The molecule has 56 valence electrons. The predicted molar refractivity (Wildman–Crippen MR) is 28.4 cm³/mol. The van der Waals surface area contributed by atoms with E-state index in [2.05, 4.69) is 15.4 Å². The number of tetrazole rings is 1. The van der Waals surface area contributed by atoms with Gasteiger partial charge in [-0.3, -0.25) is 0 Å². The van der Waals surface area contributed by atoms with E-state index in [1.807, 2.05) is 0 Å². The van der Waals surface area contributed by atoms with Crippen molar-refractivity contribution in [1.29, 1.82) is 0 Å². The molecule has 0 amide bonds. The highest BCUT2D eigenvalue weighted by atomic mass is 19.3. The summed E-state index contributed by atoms with van der Waals surface area (Å²) >= 11 is 0. The van der Waals surface area contributed by atoms with Crippen LogP contribution in [0.15, 0.2) is 0 Å². The van der Waals surface area contributed by atoms with Crippen LogP contribution in [-0.2, 0) is 6.54 Å². The number of hydrogen-bond acceptors (Lipinski definition) is 3. The van der Waals surface area contributed by atoms with Crippen LogP contribution in [0.3, 0.4) is 0 Å². The van der Waals surface area contributed by atoms with Gasteiger partial charge in [-0.25, -0.2) is 8.78 Å².